The molecule has 0 unspecified atom stereocenters. The topological polar surface area (TPSA) is 54.0 Å². The average Bonchev–Trinajstić information content (AvgIpc) is 3.12. The van der Waals surface area contributed by atoms with Crippen LogP contribution in [0.4, 0.5) is 19.3 Å². The van der Waals surface area contributed by atoms with E-state index in [1.807, 2.05) is 13.0 Å². The van der Waals surface area contributed by atoms with E-state index in [0.29, 0.717) is 17.4 Å². The molecule has 2 atom stereocenters. The Morgan fingerprint density at radius 3 is 2.75 bits per heavy atom. The van der Waals surface area contributed by atoms with E-state index in [1.54, 1.807) is 30.5 Å². The molecule has 0 aliphatic heterocycles. The Bertz CT molecular complexity index is 1030. The minimum atomic E-state index is -0.496. The van der Waals surface area contributed by atoms with Gasteiger partial charge in [0, 0.05) is 28.7 Å². The van der Waals surface area contributed by atoms with Crippen molar-refractivity contribution < 1.29 is 13.6 Å². The van der Waals surface area contributed by atoms with Crippen LogP contribution in [0.1, 0.15) is 36.4 Å². The minimum Gasteiger partial charge on any atom is -0.335 e. The van der Waals surface area contributed by atoms with Crippen molar-refractivity contribution in [1.82, 2.24) is 10.3 Å². The van der Waals surface area contributed by atoms with E-state index in [1.165, 1.54) is 12.1 Å². The third-order valence-electron chi connectivity index (χ3n) is 5.34. The summed E-state index contributed by atoms with van der Waals surface area (Å²) >= 11 is 0. The van der Waals surface area contributed by atoms with E-state index in [9.17, 15) is 13.6 Å². The number of rotatable bonds is 3. The van der Waals surface area contributed by atoms with Crippen LogP contribution in [0, 0.1) is 18.6 Å². The number of hydrogen-bond acceptors (Lipinski definition) is 2. The molecule has 0 saturated heterocycles. The number of fused-ring (bicyclic) bond motifs is 1. The summed E-state index contributed by atoms with van der Waals surface area (Å²) in [6.07, 6.45) is 3.88. The molecule has 2 N–H and O–H groups in total. The zero-order valence-corrected chi connectivity index (χ0v) is 15.5. The van der Waals surface area contributed by atoms with Gasteiger partial charge in [0.05, 0.1) is 5.69 Å². The van der Waals surface area contributed by atoms with E-state index in [-0.39, 0.29) is 23.5 Å². The van der Waals surface area contributed by atoms with Gasteiger partial charge in [-0.25, -0.2) is 13.6 Å². The fourth-order valence-corrected chi connectivity index (χ4v) is 3.96. The van der Waals surface area contributed by atoms with Crippen molar-refractivity contribution in [3.8, 4) is 0 Å². The Kier molecular flexibility index (Phi) is 4.94. The Labute approximate surface area is 162 Å². The van der Waals surface area contributed by atoms with Crippen LogP contribution in [0.3, 0.4) is 0 Å². The molecule has 2 amide bonds. The van der Waals surface area contributed by atoms with E-state index < -0.39 is 11.8 Å². The van der Waals surface area contributed by atoms with Gasteiger partial charge in [-0.3, -0.25) is 4.98 Å². The van der Waals surface area contributed by atoms with Crippen LogP contribution in [0.15, 0.2) is 48.7 Å². The van der Waals surface area contributed by atoms with E-state index in [4.69, 9.17) is 0 Å². The lowest BCUT2D eigenvalue weighted by molar-refractivity contribution is 0.248. The maximum Gasteiger partial charge on any atom is 0.319 e. The van der Waals surface area contributed by atoms with Crippen molar-refractivity contribution in [2.75, 3.05) is 5.32 Å². The van der Waals surface area contributed by atoms with E-state index in [2.05, 4.69) is 15.6 Å². The molecule has 1 aliphatic carbocycles. The molecule has 1 aliphatic rings. The first-order chi connectivity index (χ1) is 13.5. The number of urea groups is 1. The molecule has 1 aromatic heterocycles. The maximum atomic E-state index is 14.3. The summed E-state index contributed by atoms with van der Waals surface area (Å²) < 4.78 is 28.3. The zero-order chi connectivity index (χ0) is 19.7. The van der Waals surface area contributed by atoms with Gasteiger partial charge in [-0.2, -0.15) is 0 Å². The lowest BCUT2D eigenvalue weighted by Crippen LogP contribution is -2.36. The summed E-state index contributed by atoms with van der Waals surface area (Å²) in [6, 6.07) is 10.9. The Morgan fingerprint density at radius 1 is 1.11 bits per heavy atom. The third-order valence-corrected chi connectivity index (χ3v) is 5.34. The largest absolute Gasteiger partial charge is 0.335 e. The predicted octanol–water partition coefficient (Wildman–Crippen LogP) is 5.28. The molecule has 1 saturated carbocycles. The average molecular weight is 381 g/mol. The van der Waals surface area contributed by atoms with Crippen LogP contribution in [-0.4, -0.2) is 17.1 Å². The van der Waals surface area contributed by atoms with Crippen LogP contribution in [-0.2, 0) is 0 Å². The predicted molar refractivity (Wildman–Crippen MR) is 105 cm³/mol. The van der Waals surface area contributed by atoms with Gasteiger partial charge in [0.25, 0.3) is 0 Å². The van der Waals surface area contributed by atoms with Gasteiger partial charge in [-0.05, 0) is 61.9 Å². The molecule has 3 aromatic rings. The SMILES string of the molecule is Cc1cc2c(NC(=O)N[C@@H]3CC[C@@H](c4ccccc4F)C3)c(F)ccc2cn1. The molecule has 1 fully saturated rings. The molecule has 28 heavy (non-hydrogen) atoms. The highest BCUT2D eigenvalue weighted by Crippen LogP contribution is 2.35. The summed E-state index contributed by atoms with van der Waals surface area (Å²) in [5.74, 6) is -0.627. The summed E-state index contributed by atoms with van der Waals surface area (Å²) in [5.41, 5.74) is 1.57. The summed E-state index contributed by atoms with van der Waals surface area (Å²) in [6.45, 7) is 1.82. The number of anilines is 1. The lowest BCUT2D eigenvalue weighted by Gasteiger charge is -2.16. The molecule has 1 heterocycles. The van der Waals surface area contributed by atoms with Gasteiger partial charge in [0.1, 0.15) is 11.6 Å². The van der Waals surface area contributed by atoms with Crippen LogP contribution in [0.25, 0.3) is 10.8 Å². The van der Waals surface area contributed by atoms with Crippen LogP contribution >= 0.6 is 0 Å². The number of nitrogens with one attached hydrogen (secondary N) is 2. The number of hydrogen-bond donors (Lipinski definition) is 2. The fraction of sp³-hybridized carbons (Fsp3) is 0.273. The Morgan fingerprint density at radius 2 is 1.93 bits per heavy atom. The highest BCUT2D eigenvalue weighted by molar-refractivity contribution is 6.01. The summed E-state index contributed by atoms with van der Waals surface area (Å²) in [5, 5.41) is 6.91. The first-order valence-corrected chi connectivity index (χ1v) is 9.38. The fourth-order valence-electron chi connectivity index (χ4n) is 3.96. The number of pyridine rings is 1. The maximum absolute atomic E-state index is 14.3. The molecule has 144 valence electrons. The summed E-state index contributed by atoms with van der Waals surface area (Å²) in [7, 11) is 0. The second-order valence-corrected chi connectivity index (χ2v) is 7.30. The lowest BCUT2D eigenvalue weighted by atomic mass is 9.97. The van der Waals surface area contributed by atoms with Crippen molar-refractivity contribution >= 4 is 22.5 Å². The number of nitrogens with zero attached hydrogens (tertiary/aromatic N) is 1. The first-order valence-electron chi connectivity index (χ1n) is 9.38. The molecular weight excluding hydrogens is 360 g/mol. The Balaban J connectivity index is 1.46. The van der Waals surface area contributed by atoms with Gasteiger partial charge < -0.3 is 10.6 Å². The highest BCUT2D eigenvalue weighted by Gasteiger charge is 2.28. The van der Waals surface area contributed by atoms with Gasteiger partial charge >= 0.3 is 6.03 Å². The van der Waals surface area contributed by atoms with E-state index >= 15 is 0 Å². The smallest absolute Gasteiger partial charge is 0.319 e. The zero-order valence-electron chi connectivity index (χ0n) is 15.5. The van der Waals surface area contributed by atoms with Crippen molar-refractivity contribution in [2.45, 2.75) is 38.1 Å². The number of carbonyl (C=O) groups excluding carboxylic acids is 1. The second kappa shape index (κ2) is 7.54. The Hall–Kier alpha value is -3.02. The molecule has 0 bridgehead atoms. The highest BCUT2D eigenvalue weighted by atomic mass is 19.1. The molecule has 0 radical (unpaired) electrons. The molecule has 0 spiro atoms. The quantitative estimate of drug-likeness (QED) is 0.649. The van der Waals surface area contributed by atoms with Crippen LogP contribution in [0.5, 0.6) is 0 Å². The molecule has 2 aromatic carbocycles. The van der Waals surface area contributed by atoms with Gasteiger partial charge in [0.15, 0.2) is 0 Å². The van der Waals surface area contributed by atoms with Crippen molar-refractivity contribution in [3.05, 3.63) is 71.6 Å². The monoisotopic (exact) mass is 381 g/mol. The number of amides is 2. The third kappa shape index (κ3) is 3.67. The number of carbonyl (C=O) groups is 1. The van der Waals surface area contributed by atoms with Crippen LogP contribution < -0.4 is 10.6 Å². The van der Waals surface area contributed by atoms with E-state index in [0.717, 1.165) is 23.9 Å². The molecule has 4 rings (SSSR count). The molecular formula is C22H21F2N3O. The molecule has 6 heteroatoms. The number of benzene rings is 2. The number of halogens is 2. The van der Waals surface area contributed by atoms with Crippen LogP contribution in [0.2, 0.25) is 0 Å². The number of aryl methyl sites for hydroxylation is 1. The number of aromatic nitrogens is 1. The van der Waals surface area contributed by atoms with Gasteiger partial charge in [-0.15, -0.1) is 0 Å². The molecule has 4 nitrogen and oxygen atoms in total. The van der Waals surface area contributed by atoms with Gasteiger partial charge in [-0.1, -0.05) is 18.2 Å². The van der Waals surface area contributed by atoms with Crippen molar-refractivity contribution in [2.24, 2.45) is 0 Å². The minimum absolute atomic E-state index is 0.0777. The van der Waals surface area contributed by atoms with Crippen molar-refractivity contribution in [3.63, 3.8) is 0 Å². The second-order valence-electron chi connectivity index (χ2n) is 7.30. The normalized spacial score (nSPS) is 19.0. The first kappa shape index (κ1) is 18.3. The van der Waals surface area contributed by atoms with Gasteiger partial charge in [0.2, 0.25) is 0 Å². The standard InChI is InChI=1S/C22H21F2N3O/c1-13-10-18-15(12-25-13)7-9-20(24)21(18)27-22(28)26-16-8-6-14(11-16)17-4-2-3-5-19(17)23/h2-5,7,9-10,12,14,16H,6,8,11H2,1H3,(H2,26,27,28)/t14-,16-/m1/s1. The van der Waals surface area contributed by atoms with Crippen molar-refractivity contribution in [1.29, 1.82) is 0 Å². The summed E-state index contributed by atoms with van der Waals surface area (Å²) in [4.78, 5) is 16.7.